The molecule has 0 fully saturated rings. The van der Waals surface area contributed by atoms with Gasteiger partial charge in [0.1, 0.15) is 0 Å². The first-order chi connectivity index (χ1) is 12.6. The maximum atomic E-state index is 2.56. The summed E-state index contributed by atoms with van der Waals surface area (Å²) < 4.78 is 0.574. The van der Waals surface area contributed by atoms with E-state index >= 15 is 0 Å². The molecule has 4 rings (SSSR count). The zero-order valence-electron chi connectivity index (χ0n) is 18.2. The summed E-state index contributed by atoms with van der Waals surface area (Å²) in [5.41, 5.74) is 9.27. The van der Waals surface area contributed by atoms with Crippen LogP contribution < -0.4 is 35.2 Å². The van der Waals surface area contributed by atoms with Crippen molar-refractivity contribution < 1.29 is 49.5 Å². The molecule has 0 radical (unpaired) electrons. The largest absolute Gasteiger partial charge is 1.00 e. The van der Waals surface area contributed by atoms with Crippen molar-refractivity contribution in [3.05, 3.63) is 65.3 Å². The fraction of sp³-hybridized carbons (Fsp3) is 0.333. The van der Waals surface area contributed by atoms with Crippen LogP contribution in [-0.2, 0) is 24.7 Å². The minimum absolute atomic E-state index is 0. The van der Waals surface area contributed by atoms with Crippen molar-refractivity contribution in [3.8, 4) is 11.1 Å². The first kappa shape index (κ1) is 25.1. The Morgan fingerprint density at radius 2 is 1.38 bits per heavy atom. The molecule has 2 aromatic rings. The maximum Gasteiger partial charge on any atom is -1.00 e. The van der Waals surface area contributed by atoms with Crippen molar-refractivity contribution in [2.24, 2.45) is 0 Å². The number of hydrogen-bond donors (Lipinski definition) is 0. The van der Waals surface area contributed by atoms with Crippen molar-refractivity contribution in [1.29, 1.82) is 0 Å². The minimum Gasteiger partial charge on any atom is -1.00 e. The minimum atomic E-state index is -1.38. The number of rotatable bonds is 3. The third kappa shape index (κ3) is 4.55. The molecule has 0 nitrogen and oxygen atoms in total. The summed E-state index contributed by atoms with van der Waals surface area (Å²) in [5.74, 6) is 0. The predicted molar refractivity (Wildman–Crippen MR) is 121 cm³/mol. The molecule has 0 aliphatic heterocycles. The van der Waals surface area contributed by atoms with Gasteiger partial charge in [-0.1, -0.05) is 0 Å². The summed E-state index contributed by atoms with van der Waals surface area (Å²) in [4.78, 5) is 0. The maximum absolute atomic E-state index is 2.56. The average molecular weight is 536 g/mol. The van der Waals surface area contributed by atoms with Gasteiger partial charge in [0.05, 0.1) is 0 Å². The molecule has 2 aromatic carbocycles. The van der Waals surface area contributed by atoms with Crippen LogP contribution in [0.4, 0.5) is 0 Å². The van der Waals surface area contributed by atoms with Crippen molar-refractivity contribution in [2.75, 3.05) is 0 Å². The van der Waals surface area contributed by atoms with E-state index in [4.69, 9.17) is 0 Å². The fourth-order valence-electron chi connectivity index (χ4n) is 4.20. The first-order valence-corrected chi connectivity index (χ1v) is 18.4. The second kappa shape index (κ2) is 8.75. The predicted octanol–water partition coefficient (Wildman–Crippen LogP) is -0.255. The van der Waals surface area contributed by atoms with Gasteiger partial charge in [0.2, 0.25) is 0 Å². The van der Waals surface area contributed by atoms with Crippen molar-refractivity contribution >= 4 is 32.1 Å². The molecule has 5 heteroatoms. The molecule has 0 spiro atoms. The van der Waals surface area contributed by atoms with Gasteiger partial charge in [-0.25, -0.2) is 0 Å². The second-order valence-electron chi connectivity index (χ2n) is 10.0. The van der Waals surface area contributed by atoms with Crippen LogP contribution in [0.5, 0.6) is 0 Å². The summed E-state index contributed by atoms with van der Waals surface area (Å²) >= 11 is 1.61. The SMILES string of the molecule is C[Si](C)(C)c1ccc2c(c1)-c1cc([Si](C)(C)C)cc(C3=CC=CC3)c1[CH]2[Zr+2].[Cl-].[Cl-]. The van der Waals surface area contributed by atoms with Crippen LogP contribution in [0.2, 0.25) is 39.3 Å². The van der Waals surface area contributed by atoms with Crippen molar-refractivity contribution in [3.63, 3.8) is 0 Å². The van der Waals surface area contributed by atoms with Crippen LogP contribution in [0, 0.1) is 0 Å². The van der Waals surface area contributed by atoms with Crippen LogP contribution in [0.15, 0.2) is 48.6 Å². The third-order valence-electron chi connectivity index (χ3n) is 5.97. The standard InChI is InChI=1S/C24H29Si2.2ClH.Zr/c1-25(2,3)19-12-11-18-13-23-21(17-9-7-8-10-17)15-20(26(4,5)6)16-24(23)22(18)14-19;;;/h7-9,11-16H,10H2,1-6H3;2*1H;/q;;;+2/p-2. The van der Waals surface area contributed by atoms with Gasteiger partial charge in [0.15, 0.2) is 0 Å². The molecule has 0 N–H and O–H groups in total. The van der Waals surface area contributed by atoms with Gasteiger partial charge < -0.3 is 24.8 Å². The van der Waals surface area contributed by atoms with E-state index in [0.29, 0.717) is 3.63 Å². The number of fused-ring (bicyclic) bond motifs is 3. The Kier molecular flexibility index (Phi) is 7.57. The number of allylic oxidation sites excluding steroid dienone is 4. The Labute approximate surface area is 206 Å². The van der Waals surface area contributed by atoms with Gasteiger partial charge in [-0.05, 0) is 0 Å². The summed E-state index contributed by atoms with van der Waals surface area (Å²) in [6, 6.07) is 12.5. The van der Waals surface area contributed by atoms with Gasteiger partial charge in [0, 0.05) is 0 Å². The van der Waals surface area contributed by atoms with E-state index in [2.05, 4.69) is 87.8 Å². The molecule has 0 amide bonds. The monoisotopic (exact) mass is 533 g/mol. The number of benzene rings is 2. The van der Waals surface area contributed by atoms with E-state index in [0.717, 1.165) is 6.42 Å². The molecular formula is C24H29Cl2Si2Zr. The Morgan fingerprint density at radius 1 is 0.793 bits per heavy atom. The molecule has 0 heterocycles. The van der Waals surface area contributed by atoms with Gasteiger partial charge in [-0.15, -0.1) is 0 Å². The van der Waals surface area contributed by atoms with Gasteiger partial charge in [0.25, 0.3) is 0 Å². The quantitative estimate of drug-likeness (QED) is 0.476. The summed E-state index contributed by atoms with van der Waals surface area (Å²) in [6.07, 6.45) is 7.95. The molecule has 0 saturated carbocycles. The Bertz CT molecular complexity index is 995. The van der Waals surface area contributed by atoms with Gasteiger partial charge in [-0.3, -0.25) is 0 Å². The molecule has 0 bridgehead atoms. The van der Waals surface area contributed by atoms with Gasteiger partial charge in [-0.2, -0.15) is 0 Å². The molecule has 2 aliphatic carbocycles. The smallest absolute Gasteiger partial charge is 1.00 e. The second-order valence-corrected chi connectivity index (χ2v) is 21.6. The van der Waals surface area contributed by atoms with E-state index in [1.165, 1.54) is 22.3 Å². The summed E-state index contributed by atoms with van der Waals surface area (Å²) in [5, 5.41) is 3.18. The number of halogens is 2. The molecular weight excluding hydrogens is 507 g/mol. The van der Waals surface area contributed by atoms with E-state index in [-0.39, 0.29) is 24.8 Å². The Balaban J connectivity index is 0.00000150. The van der Waals surface area contributed by atoms with E-state index in [1.807, 2.05) is 0 Å². The summed E-state index contributed by atoms with van der Waals surface area (Å²) in [6.45, 7) is 14.8. The summed E-state index contributed by atoms with van der Waals surface area (Å²) in [7, 11) is -2.70. The molecule has 0 aromatic heterocycles. The topological polar surface area (TPSA) is 0 Å². The van der Waals surface area contributed by atoms with E-state index in [9.17, 15) is 0 Å². The molecule has 29 heavy (non-hydrogen) atoms. The molecule has 1 unspecified atom stereocenters. The normalized spacial score (nSPS) is 17.2. The molecule has 0 saturated heterocycles. The molecule has 1 atom stereocenters. The van der Waals surface area contributed by atoms with Crippen LogP contribution >= 0.6 is 0 Å². The van der Waals surface area contributed by atoms with E-state index < -0.39 is 16.1 Å². The molecule has 2 aliphatic rings. The van der Waals surface area contributed by atoms with Crippen molar-refractivity contribution in [2.45, 2.75) is 49.3 Å². The van der Waals surface area contributed by atoms with Crippen LogP contribution in [-0.4, -0.2) is 16.1 Å². The molecule has 151 valence electrons. The zero-order valence-corrected chi connectivity index (χ0v) is 24.1. The van der Waals surface area contributed by atoms with Crippen LogP contribution in [0.25, 0.3) is 16.7 Å². The Hall–Kier alpha value is -0.183. The van der Waals surface area contributed by atoms with E-state index in [1.54, 1.807) is 46.2 Å². The number of hydrogen-bond acceptors (Lipinski definition) is 0. The van der Waals surface area contributed by atoms with Crippen molar-refractivity contribution in [1.82, 2.24) is 0 Å². The van der Waals surface area contributed by atoms with Crippen LogP contribution in [0.1, 0.15) is 26.7 Å². The first-order valence-electron chi connectivity index (χ1n) is 9.98. The van der Waals surface area contributed by atoms with Crippen LogP contribution in [0.3, 0.4) is 0 Å². The zero-order chi connectivity index (χ0) is 19.6. The van der Waals surface area contributed by atoms with Gasteiger partial charge >= 0.3 is 183 Å². The Morgan fingerprint density at radius 3 is 1.93 bits per heavy atom. The fourth-order valence-corrected chi connectivity index (χ4v) is 7.89. The average Bonchev–Trinajstić information content (AvgIpc) is 3.20. The third-order valence-corrected chi connectivity index (χ3v) is 11.5.